The Morgan fingerprint density at radius 1 is 1.17 bits per heavy atom. The van der Waals surface area contributed by atoms with E-state index in [-0.39, 0.29) is 11.7 Å². The minimum atomic E-state index is -3.19. The molecular formula is C21H19N3O3S2. The molecule has 0 saturated carbocycles. The van der Waals surface area contributed by atoms with Crippen LogP contribution in [0.3, 0.4) is 0 Å². The predicted molar refractivity (Wildman–Crippen MR) is 117 cm³/mol. The summed E-state index contributed by atoms with van der Waals surface area (Å²) in [6.45, 7) is 0.514. The molecular weight excluding hydrogens is 406 g/mol. The molecule has 2 aromatic carbocycles. The average Bonchev–Trinajstić information content (AvgIpc) is 3.36. The highest BCUT2D eigenvalue weighted by molar-refractivity contribution is 7.93. The van der Waals surface area contributed by atoms with E-state index in [9.17, 15) is 13.2 Å². The van der Waals surface area contributed by atoms with Crippen molar-refractivity contribution in [2.24, 2.45) is 0 Å². The van der Waals surface area contributed by atoms with Crippen molar-refractivity contribution in [3.8, 4) is 10.6 Å². The van der Waals surface area contributed by atoms with Crippen LogP contribution in [0.25, 0.3) is 16.6 Å². The summed E-state index contributed by atoms with van der Waals surface area (Å²) in [5.74, 6) is -0.0500. The van der Waals surface area contributed by atoms with Gasteiger partial charge in [-0.3, -0.25) is 9.10 Å². The Hall–Kier alpha value is -2.97. The number of nitrogens with one attached hydrogen (secondary N) is 1. The van der Waals surface area contributed by atoms with Gasteiger partial charge < -0.3 is 5.32 Å². The van der Waals surface area contributed by atoms with Crippen LogP contribution < -0.4 is 9.62 Å². The number of benzene rings is 2. The van der Waals surface area contributed by atoms with Crippen LogP contribution >= 0.6 is 11.3 Å². The van der Waals surface area contributed by atoms with Gasteiger partial charge in [-0.2, -0.15) is 0 Å². The molecule has 1 aliphatic rings. The maximum Gasteiger partial charge on any atom is 0.248 e. The molecule has 3 aromatic rings. The average molecular weight is 426 g/mol. The van der Waals surface area contributed by atoms with Gasteiger partial charge in [0.2, 0.25) is 15.9 Å². The van der Waals surface area contributed by atoms with E-state index in [1.54, 1.807) is 47.9 Å². The number of hydrogen-bond donors (Lipinski definition) is 1. The van der Waals surface area contributed by atoms with E-state index in [0.717, 1.165) is 16.1 Å². The minimum Gasteiger partial charge on any atom is -0.322 e. The lowest BCUT2D eigenvalue weighted by Crippen LogP contribution is -2.24. The Morgan fingerprint density at radius 2 is 2.00 bits per heavy atom. The summed E-state index contributed by atoms with van der Waals surface area (Å²) in [6, 6.07) is 14.7. The third-order valence-electron chi connectivity index (χ3n) is 4.52. The molecule has 1 N–H and O–H groups in total. The molecule has 4 rings (SSSR count). The predicted octanol–water partition coefficient (Wildman–Crippen LogP) is 4.00. The van der Waals surface area contributed by atoms with Gasteiger partial charge in [0.1, 0.15) is 5.01 Å². The van der Waals surface area contributed by atoms with Gasteiger partial charge in [0.25, 0.3) is 0 Å². The largest absolute Gasteiger partial charge is 0.322 e. The molecule has 0 bridgehead atoms. The fourth-order valence-electron chi connectivity index (χ4n) is 3.13. The van der Waals surface area contributed by atoms with Crippen LogP contribution in [0.5, 0.6) is 0 Å². The van der Waals surface area contributed by atoms with Crippen molar-refractivity contribution in [3.05, 3.63) is 71.7 Å². The molecule has 1 aliphatic heterocycles. The van der Waals surface area contributed by atoms with Crippen LogP contribution in [0.4, 0.5) is 11.4 Å². The van der Waals surface area contributed by atoms with Crippen molar-refractivity contribution in [2.45, 2.75) is 6.42 Å². The van der Waals surface area contributed by atoms with Crippen molar-refractivity contribution in [1.82, 2.24) is 4.98 Å². The Labute approximate surface area is 173 Å². The van der Waals surface area contributed by atoms with Gasteiger partial charge in [0.15, 0.2) is 0 Å². The molecule has 0 aliphatic carbocycles. The summed E-state index contributed by atoms with van der Waals surface area (Å²) in [7, 11) is -3.19. The van der Waals surface area contributed by atoms with Gasteiger partial charge in [-0.25, -0.2) is 13.4 Å². The van der Waals surface area contributed by atoms with E-state index >= 15 is 0 Å². The number of hydrogen-bond acceptors (Lipinski definition) is 5. The standard InChI is InChI=1S/C21H19N3O3S2/c25-20(23-18-4-1-3-17(15-18)21-22-11-13-28-21)10-7-16-5-8-19(9-6-16)24-12-2-14-29(24,26)27/h1,3-11,13,15H,2,12,14H2,(H,23,25)/b10-7+. The minimum absolute atomic E-state index is 0.193. The lowest BCUT2D eigenvalue weighted by molar-refractivity contribution is -0.111. The maximum atomic E-state index is 12.2. The normalized spacial score (nSPS) is 15.7. The van der Waals surface area contributed by atoms with Gasteiger partial charge in [0, 0.05) is 35.4 Å². The number of carbonyl (C=O) groups is 1. The highest BCUT2D eigenvalue weighted by atomic mass is 32.2. The first kappa shape index (κ1) is 19.4. The smallest absolute Gasteiger partial charge is 0.248 e. The van der Waals surface area contributed by atoms with Gasteiger partial charge >= 0.3 is 0 Å². The monoisotopic (exact) mass is 425 g/mol. The summed E-state index contributed by atoms with van der Waals surface area (Å²) in [6.07, 6.45) is 5.55. The van der Waals surface area contributed by atoms with E-state index in [1.807, 2.05) is 29.6 Å². The Kier molecular flexibility index (Phi) is 5.46. The highest BCUT2D eigenvalue weighted by Gasteiger charge is 2.28. The second-order valence-corrected chi connectivity index (χ2v) is 9.48. The molecule has 29 heavy (non-hydrogen) atoms. The van der Waals surface area contributed by atoms with E-state index in [1.165, 1.54) is 10.4 Å². The molecule has 2 heterocycles. The summed E-state index contributed by atoms with van der Waals surface area (Å²) >= 11 is 1.54. The molecule has 1 aromatic heterocycles. The van der Waals surface area contributed by atoms with Crippen LogP contribution in [0, 0.1) is 0 Å². The van der Waals surface area contributed by atoms with Gasteiger partial charge in [-0.05, 0) is 42.3 Å². The molecule has 1 fully saturated rings. The topological polar surface area (TPSA) is 79.4 Å². The number of amides is 1. The fourth-order valence-corrected chi connectivity index (χ4v) is 5.33. The molecule has 8 heteroatoms. The van der Waals surface area contributed by atoms with Crippen molar-refractivity contribution >= 4 is 44.7 Å². The summed E-state index contributed by atoms with van der Waals surface area (Å²) in [5, 5.41) is 5.66. The van der Waals surface area contributed by atoms with Crippen molar-refractivity contribution in [3.63, 3.8) is 0 Å². The van der Waals surface area contributed by atoms with E-state index < -0.39 is 10.0 Å². The molecule has 6 nitrogen and oxygen atoms in total. The number of carbonyl (C=O) groups excluding carboxylic acids is 1. The van der Waals surface area contributed by atoms with Gasteiger partial charge in [-0.15, -0.1) is 11.3 Å². The Bertz CT molecular complexity index is 1140. The first-order valence-corrected chi connectivity index (χ1v) is 11.6. The van der Waals surface area contributed by atoms with E-state index in [2.05, 4.69) is 10.3 Å². The zero-order valence-electron chi connectivity index (χ0n) is 15.5. The molecule has 0 unspecified atom stereocenters. The van der Waals surface area contributed by atoms with Gasteiger partial charge in [-0.1, -0.05) is 24.3 Å². The third-order valence-corrected chi connectivity index (χ3v) is 7.21. The third kappa shape index (κ3) is 4.55. The molecule has 0 atom stereocenters. The first-order chi connectivity index (χ1) is 14.0. The fraction of sp³-hybridized carbons (Fsp3) is 0.143. The zero-order valence-corrected chi connectivity index (χ0v) is 17.1. The molecule has 0 spiro atoms. The number of rotatable bonds is 5. The highest BCUT2D eigenvalue weighted by Crippen LogP contribution is 2.25. The first-order valence-electron chi connectivity index (χ1n) is 9.11. The van der Waals surface area contributed by atoms with E-state index in [0.29, 0.717) is 24.3 Å². The zero-order chi connectivity index (χ0) is 20.3. The van der Waals surface area contributed by atoms with Crippen molar-refractivity contribution in [2.75, 3.05) is 21.9 Å². The van der Waals surface area contributed by atoms with Crippen molar-refractivity contribution < 1.29 is 13.2 Å². The van der Waals surface area contributed by atoms with Crippen LogP contribution in [-0.2, 0) is 14.8 Å². The Morgan fingerprint density at radius 3 is 2.69 bits per heavy atom. The number of sulfonamides is 1. The summed E-state index contributed by atoms with van der Waals surface area (Å²) in [4.78, 5) is 16.5. The lowest BCUT2D eigenvalue weighted by Gasteiger charge is -2.16. The lowest BCUT2D eigenvalue weighted by atomic mass is 10.2. The van der Waals surface area contributed by atoms with Gasteiger partial charge in [0.05, 0.1) is 11.4 Å². The number of anilines is 2. The number of nitrogens with zero attached hydrogens (tertiary/aromatic N) is 2. The quantitative estimate of drug-likeness (QED) is 0.627. The molecule has 148 valence electrons. The number of aromatic nitrogens is 1. The summed E-state index contributed by atoms with van der Waals surface area (Å²) in [5.41, 5.74) is 3.12. The maximum absolute atomic E-state index is 12.2. The molecule has 1 amide bonds. The van der Waals surface area contributed by atoms with Crippen LogP contribution in [-0.4, -0.2) is 31.6 Å². The van der Waals surface area contributed by atoms with Crippen molar-refractivity contribution in [1.29, 1.82) is 0 Å². The van der Waals surface area contributed by atoms with Crippen LogP contribution in [0.2, 0.25) is 0 Å². The molecule has 1 saturated heterocycles. The van der Waals surface area contributed by atoms with Crippen LogP contribution in [0.1, 0.15) is 12.0 Å². The summed E-state index contributed by atoms with van der Waals surface area (Å²) < 4.78 is 25.4. The number of thiazole rings is 1. The second kappa shape index (κ2) is 8.18. The van der Waals surface area contributed by atoms with E-state index in [4.69, 9.17) is 0 Å². The Balaban J connectivity index is 1.40. The van der Waals surface area contributed by atoms with Crippen LogP contribution in [0.15, 0.2) is 66.2 Å². The molecule has 0 radical (unpaired) electrons. The SMILES string of the molecule is O=C(/C=C/c1ccc(N2CCCS2(=O)=O)cc1)Nc1cccc(-c2nccs2)c1. The second-order valence-electron chi connectivity index (χ2n) is 6.57.